The summed E-state index contributed by atoms with van der Waals surface area (Å²) in [6.07, 6.45) is 4.11. The van der Waals surface area contributed by atoms with Crippen LogP contribution in [0.4, 0.5) is 17.8 Å². The molecule has 224 valence electrons. The van der Waals surface area contributed by atoms with E-state index in [0.717, 1.165) is 69.7 Å². The van der Waals surface area contributed by atoms with Crippen LogP contribution in [0.5, 0.6) is 0 Å². The van der Waals surface area contributed by atoms with E-state index in [1.54, 1.807) is 0 Å². The van der Waals surface area contributed by atoms with Gasteiger partial charge in [-0.25, -0.2) is 0 Å². The molecule has 2 aliphatic heterocycles. The van der Waals surface area contributed by atoms with Crippen LogP contribution in [0.3, 0.4) is 0 Å². The lowest BCUT2D eigenvalue weighted by molar-refractivity contribution is 0.160. The Hall–Kier alpha value is -1.75. The summed E-state index contributed by atoms with van der Waals surface area (Å²) in [4.78, 5) is 22.2. The highest BCUT2D eigenvalue weighted by atomic mass is 15.4. The first-order chi connectivity index (χ1) is 18.0. The van der Waals surface area contributed by atoms with Crippen molar-refractivity contribution in [2.75, 3.05) is 69.1 Å². The van der Waals surface area contributed by atoms with Crippen molar-refractivity contribution in [1.82, 2.24) is 36.2 Å². The summed E-state index contributed by atoms with van der Waals surface area (Å²) in [7, 11) is 8.30. The fourth-order valence-electron chi connectivity index (χ4n) is 7.02. The largest absolute Gasteiger partial charge is 0.341 e. The average molecular weight is 547 g/mol. The first kappa shape index (κ1) is 31.8. The predicted molar refractivity (Wildman–Crippen MR) is 165 cm³/mol. The standard InChI is InChI=1S/C29H58N10/c1-26(2)17-21(18-27(3,4)35-26)37(11)23-32-24(34-25(33-23)39(15-13-30-9)16-14-31-10)38(12)22-19-28(5,6)36-29(7,8)20-22/h21-22,30-31,35-36H,13-20H2,1-12H3. The number of hydrogen-bond acceptors (Lipinski definition) is 10. The first-order valence-electron chi connectivity index (χ1n) is 14.8. The molecule has 0 bridgehead atoms. The summed E-state index contributed by atoms with van der Waals surface area (Å²) < 4.78 is 0. The molecular weight excluding hydrogens is 488 g/mol. The summed E-state index contributed by atoms with van der Waals surface area (Å²) >= 11 is 0. The van der Waals surface area contributed by atoms with Crippen molar-refractivity contribution in [3.63, 3.8) is 0 Å². The van der Waals surface area contributed by atoms with Gasteiger partial charge in [0.05, 0.1) is 0 Å². The van der Waals surface area contributed by atoms with Crippen molar-refractivity contribution in [3.8, 4) is 0 Å². The van der Waals surface area contributed by atoms with E-state index in [0.29, 0.717) is 12.1 Å². The molecule has 0 aromatic carbocycles. The van der Waals surface area contributed by atoms with Crippen molar-refractivity contribution in [2.45, 2.75) is 115 Å². The van der Waals surface area contributed by atoms with Crippen LogP contribution in [0.1, 0.15) is 81.1 Å². The third kappa shape index (κ3) is 8.62. The fraction of sp³-hybridized carbons (Fsp3) is 0.897. The normalized spacial score (nSPS) is 22.5. The Morgan fingerprint density at radius 3 is 1.23 bits per heavy atom. The zero-order valence-corrected chi connectivity index (χ0v) is 27.0. The summed E-state index contributed by atoms with van der Waals surface area (Å²) in [6, 6.07) is 0.647. The van der Waals surface area contributed by atoms with Crippen LogP contribution in [0.15, 0.2) is 0 Å². The number of likely N-dealkylation sites (N-methyl/N-ethyl adjacent to an activating group) is 2. The maximum Gasteiger partial charge on any atom is 0.232 e. The number of nitrogens with zero attached hydrogens (tertiary/aromatic N) is 6. The molecule has 1 aromatic rings. The molecule has 39 heavy (non-hydrogen) atoms. The number of aromatic nitrogens is 3. The van der Waals surface area contributed by atoms with Crippen LogP contribution < -0.4 is 36.0 Å². The van der Waals surface area contributed by atoms with Crippen molar-refractivity contribution in [3.05, 3.63) is 0 Å². The number of rotatable bonds is 11. The van der Waals surface area contributed by atoms with Crippen LogP contribution in [0.25, 0.3) is 0 Å². The number of nitrogens with one attached hydrogen (secondary N) is 4. The highest BCUT2D eigenvalue weighted by Gasteiger charge is 2.41. The van der Waals surface area contributed by atoms with Gasteiger partial charge in [0.15, 0.2) is 0 Å². The van der Waals surface area contributed by atoms with E-state index in [4.69, 9.17) is 15.0 Å². The lowest BCUT2D eigenvalue weighted by Crippen LogP contribution is -2.62. The maximum absolute atomic E-state index is 5.15. The molecule has 4 N–H and O–H groups in total. The Morgan fingerprint density at radius 1 is 0.615 bits per heavy atom. The molecule has 10 heteroatoms. The SMILES string of the molecule is CNCCN(CCNC)c1nc(N(C)C2CC(C)(C)NC(C)(C)C2)nc(N(C)C2CC(C)(C)NC(C)(C)C2)n1. The van der Waals surface area contributed by atoms with Gasteiger partial charge < -0.3 is 36.0 Å². The van der Waals surface area contributed by atoms with Crippen LogP contribution in [-0.4, -0.2) is 104 Å². The van der Waals surface area contributed by atoms with Gasteiger partial charge >= 0.3 is 0 Å². The van der Waals surface area contributed by atoms with E-state index in [1.807, 2.05) is 14.1 Å². The van der Waals surface area contributed by atoms with Crippen molar-refractivity contribution < 1.29 is 0 Å². The Morgan fingerprint density at radius 2 is 0.923 bits per heavy atom. The topological polar surface area (TPSA) is 96.5 Å². The zero-order chi connectivity index (χ0) is 29.2. The summed E-state index contributed by atoms with van der Waals surface area (Å²) in [5.41, 5.74) is 0.143. The molecule has 0 aliphatic carbocycles. The van der Waals surface area contributed by atoms with Gasteiger partial charge in [-0.1, -0.05) is 0 Å². The van der Waals surface area contributed by atoms with E-state index >= 15 is 0 Å². The second kappa shape index (κ2) is 12.0. The average Bonchev–Trinajstić information content (AvgIpc) is 2.79. The molecule has 2 aliphatic rings. The van der Waals surface area contributed by atoms with Crippen LogP contribution in [0.2, 0.25) is 0 Å². The molecule has 10 nitrogen and oxygen atoms in total. The van der Waals surface area contributed by atoms with Crippen molar-refractivity contribution >= 4 is 17.8 Å². The minimum atomic E-state index is 0.0358. The molecule has 2 fully saturated rings. The van der Waals surface area contributed by atoms with Gasteiger partial charge in [0.1, 0.15) is 0 Å². The minimum Gasteiger partial charge on any atom is -0.341 e. The van der Waals surface area contributed by atoms with Gasteiger partial charge in [-0.3, -0.25) is 0 Å². The second-order valence-electron chi connectivity index (χ2n) is 14.6. The maximum atomic E-state index is 5.15. The van der Waals surface area contributed by atoms with Crippen LogP contribution in [0, 0.1) is 0 Å². The molecular formula is C29H58N10. The summed E-state index contributed by atoms with van der Waals surface area (Å²) in [5.74, 6) is 2.26. The highest BCUT2D eigenvalue weighted by Crippen LogP contribution is 2.35. The van der Waals surface area contributed by atoms with Crippen LogP contribution in [-0.2, 0) is 0 Å². The third-order valence-electron chi connectivity index (χ3n) is 8.21. The highest BCUT2D eigenvalue weighted by molar-refractivity contribution is 5.47. The number of hydrogen-bond donors (Lipinski definition) is 4. The molecule has 2 saturated heterocycles. The lowest BCUT2D eigenvalue weighted by atomic mass is 9.79. The molecule has 0 spiro atoms. The van der Waals surface area contributed by atoms with Gasteiger partial charge in [-0.2, -0.15) is 15.0 Å². The quantitative estimate of drug-likeness (QED) is 0.332. The number of piperidine rings is 2. The molecule has 0 atom stereocenters. The molecule has 0 amide bonds. The van der Waals surface area contributed by atoms with Crippen molar-refractivity contribution in [2.24, 2.45) is 0 Å². The van der Waals surface area contributed by atoms with Gasteiger partial charge in [0.25, 0.3) is 0 Å². The summed E-state index contributed by atoms with van der Waals surface area (Å²) in [6.45, 7) is 21.7. The van der Waals surface area contributed by atoms with E-state index in [-0.39, 0.29) is 22.2 Å². The second-order valence-corrected chi connectivity index (χ2v) is 14.6. The third-order valence-corrected chi connectivity index (χ3v) is 8.21. The van der Waals surface area contributed by atoms with Crippen LogP contribution >= 0.6 is 0 Å². The van der Waals surface area contributed by atoms with E-state index < -0.39 is 0 Å². The van der Waals surface area contributed by atoms with Gasteiger partial charge in [0.2, 0.25) is 17.8 Å². The smallest absolute Gasteiger partial charge is 0.232 e. The van der Waals surface area contributed by atoms with Crippen molar-refractivity contribution in [1.29, 1.82) is 0 Å². The van der Waals surface area contributed by atoms with E-state index in [2.05, 4.69) is 105 Å². The molecule has 3 rings (SSSR count). The Kier molecular flexibility index (Phi) is 9.78. The Labute approximate surface area is 238 Å². The molecule has 1 aromatic heterocycles. The van der Waals surface area contributed by atoms with E-state index in [1.165, 1.54) is 0 Å². The molecule has 0 saturated carbocycles. The molecule has 0 unspecified atom stereocenters. The monoisotopic (exact) mass is 546 g/mol. The van der Waals surface area contributed by atoms with Gasteiger partial charge in [0, 0.05) is 74.5 Å². The van der Waals surface area contributed by atoms with Gasteiger partial charge in [-0.05, 0) is 95.2 Å². The Balaban J connectivity index is 2.03. The first-order valence-corrected chi connectivity index (χ1v) is 14.8. The van der Waals surface area contributed by atoms with Gasteiger partial charge in [-0.15, -0.1) is 0 Å². The lowest BCUT2D eigenvalue weighted by Gasteiger charge is -2.49. The summed E-state index contributed by atoms with van der Waals surface area (Å²) in [5, 5.41) is 14.2. The zero-order valence-electron chi connectivity index (χ0n) is 27.0. The molecule has 3 heterocycles. The number of anilines is 3. The predicted octanol–water partition coefficient (Wildman–Crippen LogP) is 2.61. The van der Waals surface area contributed by atoms with E-state index in [9.17, 15) is 0 Å². The Bertz CT molecular complexity index is 842. The molecule has 0 radical (unpaired) electrons. The minimum absolute atomic E-state index is 0.0358. The fourth-order valence-corrected chi connectivity index (χ4v) is 7.02.